The summed E-state index contributed by atoms with van der Waals surface area (Å²) in [6.07, 6.45) is 0. The number of hydrogen-bond acceptors (Lipinski definition) is 4. The summed E-state index contributed by atoms with van der Waals surface area (Å²) in [6, 6.07) is 0.479. The Labute approximate surface area is 119 Å². The molecule has 1 aromatic rings. The van der Waals surface area contributed by atoms with E-state index in [9.17, 15) is 4.79 Å². The summed E-state index contributed by atoms with van der Waals surface area (Å²) in [5.41, 5.74) is 2.57. The molecule has 0 spiro atoms. The summed E-state index contributed by atoms with van der Waals surface area (Å²) in [5.74, 6) is 1.45. The minimum absolute atomic E-state index is 0.0531. The van der Waals surface area contributed by atoms with Crippen molar-refractivity contribution in [1.82, 2.24) is 20.4 Å². The number of amides is 1. The molecule has 3 N–H and O–H groups in total. The van der Waals surface area contributed by atoms with Crippen molar-refractivity contribution >= 4 is 11.6 Å². The zero-order valence-corrected chi connectivity index (χ0v) is 12.4. The van der Waals surface area contributed by atoms with Crippen molar-refractivity contribution in [3.8, 4) is 0 Å². The van der Waals surface area contributed by atoms with Gasteiger partial charge in [-0.15, -0.1) is 0 Å². The van der Waals surface area contributed by atoms with Gasteiger partial charge in [0.25, 0.3) is 0 Å². The van der Waals surface area contributed by atoms with E-state index in [4.69, 9.17) is 0 Å². The summed E-state index contributed by atoms with van der Waals surface area (Å²) < 4.78 is 0. The average Bonchev–Trinajstić information content (AvgIpc) is 3.05. The van der Waals surface area contributed by atoms with Crippen LogP contribution in [0, 0.1) is 25.7 Å². The second-order valence-electron chi connectivity index (χ2n) is 6.11. The molecule has 20 heavy (non-hydrogen) atoms. The maximum atomic E-state index is 12.2. The van der Waals surface area contributed by atoms with Gasteiger partial charge < -0.3 is 10.6 Å². The number of hydrogen-bond donors (Lipinski definition) is 3. The van der Waals surface area contributed by atoms with E-state index < -0.39 is 0 Å². The van der Waals surface area contributed by atoms with Crippen LogP contribution in [-0.4, -0.2) is 53.2 Å². The standard InChI is InChI=1S/C14H23N5O/c1-8-14(9(2)18-17-8)16-13(20)7-19-6-11-4-15-5-12(11)10(19)3/h10-12,15H,4-7H2,1-3H3,(H,16,20)(H,17,18). The molecule has 110 valence electrons. The van der Waals surface area contributed by atoms with Crippen molar-refractivity contribution in [2.45, 2.75) is 26.8 Å². The predicted octanol–water partition coefficient (Wildman–Crippen LogP) is 0.505. The smallest absolute Gasteiger partial charge is 0.238 e. The normalized spacial score (nSPS) is 29.6. The van der Waals surface area contributed by atoms with E-state index in [-0.39, 0.29) is 5.91 Å². The fourth-order valence-electron chi connectivity index (χ4n) is 3.56. The maximum absolute atomic E-state index is 12.2. The average molecular weight is 277 g/mol. The number of aromatic amines is 1. The Balaban J connectivity index is 1.60. The van der Waals surface area contributed by atoms with E-state index in [1.54, 1.807) is 0 Å². The summed E-state index contributed by atoms with van der Waals surface area (Å²) in [5, 5.41) is 13.4. The lowest BCUT2D eigenvalue weighted by Gasteiger charge is -2.23. The maximum Gasteiger partial charge on any atom is 0.238 e. The quantitative estimate of drug-likeness (QED) is 0.752. The first kappa shape index (κ1) is 13.6. The first-order valence-electron chi connectivity index (χ1n) is 7.32. The zero-order valence-electron chi connectivity index (χ0n) is 12.4. The Kier molecular flexibility index (Phi) is 3.52. The largest absolute Gasteiger partial charge is 0.322 e. The summed E-state index contributed by atoms with van der Waals surface area (Å²) in [7, 11) is 0. The van der Waals surface area contributed by atoms with Crippen LogP contribution in [0.1, 0.15) is 18.3 Å². The number of likely N-dealkylation sites (tertiary alicyclic amines) is 1. The van der Waals surface area contributed by atoms with Crippen LogP contribution in [0.15, 0.2) is 0 Å². The molecule has 0 aromatic carbocycles. The van der Waals surface area contributed by atoms with Crippen LogP contribution in [-0.2, 0) is 4.79 Å². The molecule has 6 nitrogen and oxygen atoms in total. The highest BCUT2D eigenvalue weighted by atomic mass is 16.2. The molecule has 6 heteroatoms. The summed E-state index contributed by atoms with van der Waals surface area (Å²) in [4.78, 5) is 14.5. The van der Waals surface area contributed by atoms with Crippen molar-refractivity contribution in [3.05, 3.63) is 11.4 Å². The van der Waals surface area contributed by atoms with E-state index in [0.717, 1.165) is 36.7 Å². The van der Waals surface area contributed by atoms with Crippen LogP contribution < -0.4 is 10.6 Å². The van der Waals surface area contributed by atoms with E-state index in [0.29, 0.717) is 24.4 Å². The molecule has 3 atom stereocenters. The predicted molar refractivity (Wildman–Crippen MR) is 77.6 cm³/mol. The molecular formula is C14H23N5O. The van der Waals surface area contributed by atoms with Gasteiger partial charge in [-0.25, -0.2) is 0 Å². The fraction of sp³-hybridized carbons (Fsp3) is 0.714. The highest BCUT2D eigenvalue weighted by Gasteiger charge is 2.42. The summed E-state index contributed by atoms with van der Waals surface area (Å²) >= 11 is 0. The topological polar surface area (TPSA) is 73.0 Å². The summed E-state index contributed by atoms with van der Waals surface area (Å²) in [6.45, 7) is 9.72. The van der Waals surface area contributed by atoms with E-state index in [2.05, 4.69) is 32.7 Å². The first-order chi connectivity index (χ1) is 9.56. The molecule has 2 aliphatic heterocycles. The molecule has 3 rings (SSSR count). The van der Waals surface area contributed by atoms with Crippen molar-refractivity contribution < 1.29 is 4.79 Å². The minimum atomic E-state index is 0.0531. The van der Waals surface area contributed by atoms with Crippen LogP contribution in [0.4, 0.5) is 5.69 Å². The lowest BCUT2D eigenvalue weighted by Crippen LogP contribution is -2.39. The molecule has 1 amide bonds. The monoisotopic (exact) mass is 277 g/mol. The number of carbonyl (C=O) groups excluding carboxylic acids is 1. The molecule has 2 aliphatic rings. The Morgan fingerprint density at radius 2 is 2.25 bits per heavy atom. The van der Waals surface area contributed by atoms with Crippen molar-refractivity contribution in [2.75, 3.05) is 31.5 Å². The molecule has 0 aliphatic carbocycles. The number of fused-ring (bicyclic) bond motifs is 1. The number of nitrogens with zero attached hydrogens (tertiary/aromatic N) is 2. The van der Waals surface area contributed by atoms with Crippen LogP contribution in [0.5, 0.6) is 0 Å². The van der Waals surface area contributed by atoms with Gasteiger partial charge in [0, 0.05) is 12.6 Å². The van der Waals surface area contributed by atoms with Gasteiger partial charge in [0.15, 0.2) is 0 Å². The van der Waals surface area contributed by atoms with Gasteiger partial charge in [0.1, 0.15) is 0 Å². The van der Waals surface area contributed by atoms with Crippen molar-refractivity contribution in [1.29, 1.82) is 0 Å². The van der Waals surface area contributed by atoms with E-state index >= 15 is 0 Å². The lowest BCUT2D eigenvalue weighted by atomic mass is 9.95. The molecule has 0 radical (unpaired) electrons. The van der Waals surface area contributed by atoms with Gasteiger partial charge >= 0.3 is 0 Å². The number of anilines is 1. The van der Waals surface area contributed by atoms with E-state index in [1.807, 2.05) is 13.8 Å². The number of carbonyl (C=O) groups is 1. The third-order valence-electron chi connectivity index (χ3n) is 4.80. The molecule has 0 bridgehead atoms. The van der Waals surface area contributed by atoms with Gasteiger partial charge in [-0.3, -0.25) is 14.8 Å². The van der Waals surface area contributed by atoms with Crippen molar-refractivity contribution in [3.63, 3.8) is 0 Å². The Hall–Kier alpha value is -1.40. The molecule has 2 fully saturated rings. The lowest BCUT2D eigenvalue weighted by molar-refractivity contribution is -0.117. The number of aromatic nitrogens is 2. The number of H-pyrrole nitrogens is 1. The van der Waals surface area contributed by atoms with Gasteiger partial charge in [-0.1, -0.05) is 0 Å². The van der Waals surface area contributed by atoms with Crippen molar-refractivity contribution in [2.24, 2.45) is 11.8 Å². The number of aryl methyl sites for hydroxylation is 2. The van der Waals surface area contributed by atoms with Gasteiger partial charge in [-0.2, -0.15) is 5.10 Å². The van der Waals surface area contributed by atoms with Crippen LogP contribution >= 0.6 is 0 Å². The fourth-order valence-corrected chi connectivity index (χ4v) is 3.56. The minimum Gasteiger partial charge on any atom is -0.322 e. The first-order valence-corrected chi connectivity index (χ1v) is 7.32. The Bertz CT molecular complexity index is 492. The molecular weight excluding hydrogens is 254 g/mol. The highest BCUT2D eigenvalue weighted by molar-refractivity contribution is 5.93. The number of rotatable bonds is 3. The second kappa shape index (κ2) is 5.18. The Morgan fingerprint density at radius 3 is 2.90 bits per heavy atom. The molecule has 2 saturated heterocycles. The molecule has 3 unspecified atom stereocenters. The van der Waals surface area contributed by atoms with Gasteiger partial charge in [0.2, 0.25) is 5.91 Å². The molecule has 1 aromatic heterocycles. The number of nitrogens with one attached hydrogen (secondary N) is 3. The van der Waals surface area contributed by atoms with Gasteiger partial charge in [0.05, 0.1) is 23.6 Å². The SMILES string of the molecule is Cc1n[nH]c(C)c1NC(=O)CN1CC2CNCC2C1C. The zero-order chi connectivity index (χ0) is 14.3. The molecule has 0 saturated carbocycles. The third kappa shape index (κ3) is 2.33. The Morgan fingerprint density at radius 1 is 1.45 bits per heavy atom. The van der Waals surface area contributed by atoms with Crippen LogP contribution in [0.2, 0.25) is 0 Å². The second-order valence-corrected chi connectivity index (χ2v) is 6.11. The van der Waals surface area contributed by atoms with Gasteiger partial charge in [-0.05, 0) is 45.7 Å². The molecule has 3 heterocycles. The van der Waals surface area contributed by atoms with Crippen LogP contribution in [0.25, 0.3) is 0 Å². The van der Waals surface area contributed by atoms with E-state index in [1.165, 1.54) is 0 Å². The van der Waals surface area contributed by atoms with Crippen LogP contribution in [0.3, 0.4) is 0 Å². The third-order valence-corrected chi connectivity index (χ3v) is 4.80. The highest BCUT2D eigenvalue weighted by Crippen LogP contribution is 2.32.